The van der Waals surface area contributed by atoms with E-state index in [9.17, 15) is 19.8 Å². The van der Waals surface area contributed by atoms with Crippen LogP contribution in [0.3, 0.4) is 0 Å². The number of aromatic nitrogens is 1. The summed E-state index contributed by atoms with van der Waals surface area (Å²) in [6.07, 6.45) is 1.81. The molecule has 7 heteroatoms. The maximum absolute atomic E-state index is 12.0. The number of hydrogen-bond acceptors (Lipinski definition) is 4. The predicted molar refractivity (Wildman–Crippen MR) is 93.9 cm³/mol. The van der Waals surface area contributed by atoms with Gasteiger partial charge in [-0.3, -0.25) is 9.69 Å². The van der Waals surface area contributed by atoms with Crippen LogP contribution in [0.25, 0.3) is 10.9 Å². The molecule has 2 aromatic rings. The van der Waals surface area contributed by atoms with Crippen molar-refractivity contribution < 1.29 is 19.8 Å². The van der Waals surface area contributed by atoms with Crippen LogP contribution in [-0.4, -0.2) is 69.2 Å². The van der Waals surface area contributed by atoms with Crippen LogP contribution in [0, 0.1) is 0 Å². The third-order valence-corrected chi connectivity index (χ3v) is 5.02. The zero-order chi connectivity index (χ0) is 18.1. The maximum Gasteiger partial charge on any atom is 0.335 e. The first kappa shape index (κ1) is 17.4. The minimum Gasteiger partial charge on any atom is -0.480 e. The number of carboxylic acids is 2. The van der Waals surface area contributed by atoms with E-state index >= 15 is 0 Å². The molecule has 0 unspecified atom stereocenters. The lowest BCUT2D eigenvalue weighted by molar-refractivity contribution is -0.144. The van der Waals surface area contributed by atoms with Gasteiger partial charge in [0.1, 0.15) is 6.04 Å². The van der Waals surface area contributed by atoms with E-state index in [1.54, 1.807) is 22.9 Å². The number of carbonyl (C=O) groups is 2. The number of rotatable bonds is 5. The van der Waals surface area contributed by atoms with Crippen molar-refractivity contribution in [1.29, 1.82) is 0 Å². The molecule has 2 heterocycles. The highest BCUT2D eigenvalue weighted by molar-refractivity contribution is 5.96. The van der Waals surface area contributed by atoms with Gasteiger partial charge in [-0.1, -0.05) is 13.0 Å². The Kier molecular flexibility index (Phi) is 4.78. The van der Waals surface area contributed by atoms with Crippen LogP contribution in [0.15, 0.2) is 24.4 Å². The van der Waals surface area contributed by atoms with Gasteiger partial charge < -0.3 is 19.7 Å². The fraction of sp³-hybridized carbons (Fsp3) is 0.444. The Morgan fingerprint density at radius 3 is 2.40 bits per heavy atom. The van der Waals surface area contributed by atoms with Crippen molar-refractivity contribution in [1.82, 2.24) is 14.4 Å². The molecule has 0 aliphatic carbocycles. The number of aryl methyl sites for hydroxylation is 1. The standard InChI is InChI=1S/C18H23N3O4/c1-3-20-6-8-21(9-7-20)16(18(24)25)14-11-19(2)15-10-12(17(22)23)4-5-13(14)15/h4-5,10-11,16H,3,6-9H2,1-2H3,(H,22,23)(H,24,25)/t16-/m1/s1. The summed E-state index contributed by atoms with van der Waals surface area (Å²) in [4.78, 5) is 27.5. The SMILES string of the molecule is CCN1CCN([C@@H](C(=O)O)c2cn(C)c3cc(C(=O)O)ccc23)CC1. The molecule has 2 N–H and O–H groups in total. The van der Waals surface area contributed by atoms with E-state index in [1.165, 1.54) is 6.07 Å². The lowest BCUT2D eigenvalue weighted by Gasteiger charge is -2.37. The summed E-state index contributed by atoms with van der Waals surface area (Å²) >= 11 is 0. The van der Waals surface area contributed by atoms with Crippen molar-refractivity contribution in [3.63, 3.8) is 0 Å². The van der Waals surface area contributed by atoms with Gasteiger partial charge in [-0.15, -0.1) is 0 Å². The topological polar surface area (TPSA) is 86.0 Å². The molecule has 7 nitrogen and oxygen atoms in total. The van der Waals surface area contributed by atoms with Crippen molar-refractivity contribution in [3.05, 3.63) is 35.5 Å². The van der Waals surface area contributed by atoms with Crippen LogP contribution < -0.4 is 0 Å². The van der Waals surface area contributed by atoms with E-state index in [4.69, 9.17) is 0 Å². The summed E-state index contributed by atoms with van der Waals surface area (Å²) in [5.74, 6) is -1.87. The van der Waals surface area contributed by atoms with Gasteiger partial charge in [-0.2, -0.15) is 0 Å². The first-order valence-corrected chi connectivity index (χ1v) is 8.43. The number of carboxylic acid groups (broad SMARTS) is 2. The summed E-state index contributed by atoms with van der Waals surface area (Å²) < 4.78 is 1.80. The monoisotopic (exact) mass is 345 g/mol. The van der Waals surface area contributed by atoms with E-state index in [0.717, 1.165) is 30.5 Å². The summed E-state index contributed by atoms with van der Waals surface area (Å²) in [6, 6.07) is 4.11. The molecule has 25 heavy (non-hydrogen) atoms. The molecule has 1 saturated heterocycles. The number of aromatic carboxylic acids is 1. The number of aliphatic carboxylic acids is 1. The zero-order valence-electron chi connectivity index (χ0n) is 14.5. The third-order valence-electron chi connectivity index (χ3n) is 5.02. The highest BCUT2D eigenvalue weighted by Crippen LogP contribution is 2.31. The first-order valence-electron chi connectivity index (χ1n) is 8.43. The average Bonchev–Trinajstić information content (AvgIpc) is 2.91. The van der Waals surface area contributed by atoms with Crippen LogP contribution >= 0.6 is 0 Å². The molecule has 0 radical (unpaired) electrons. The van der Waals surface area contributed by atoms with Crippen molar-refractivity contribution in [2.24, 2.45) is 7.05 Å². The molecule has 1 fully saturated rings. The van der Waals surface area contributed by atoms with Gasteiger partial charge in [-0.25, -0.2) is 4.79 Å². The van der Waals surface area contributed by atoms with Gasteiger partial charge in [0, 0.05) is 55.9 Å². The lowest BCUT2D eigenvalue weighted by Crippen LogP contribution is -2.49. The van der Waals surface area contributed by atoms with Gasteiger partial charge in [0.15, 0.2) is 0 Å². The number of hydrogen-bond donors (Lipinski definition) is 2. The van der Waals surface area contributed by atoms with Crippen molar-refractivity contribution in [2.75, 3.05) is 32.7 Å². The summed E-state index contributed by atoms with van der Waals surface area (Å²) in [5, 5.41) is 19.8. The van der Waals surface area contributed by atoms with Crippen LogP contribution in [0.1, 0.15) is 28.9 Å². The molecule has 3 rings (SSSR count). The van der Waals surface area contributed by atoms with Gasteiger partial charge in [0.2, 0.25) is 0 Å². The lowest BCUT2D eigenvalue weighted by atomic mass is 10.0. The van der Waals surface area contributed by atoms with E-state index in [-0.39, 0.29) is 5.56 Å². The van der Waals surface area contributed by atoms with Gasteiger partial charge in [-0.05, 0) is 18.7 Å². The largest absolute Gasteiger partial charge is 0.480 e. The summed E-state index contributed by atoms with van der Waals surface area (Å²) in [7, 11) is 1.81. The van der Waals surface area contributed by atoms with E-state index in [2.05, 4.69) is 11.8 Å². The molecule has 1 atom stereocenters. The fourth-order valence-corrected chi connectivity index (χ4v) is 3.59. The Labute approximate surface area is 146 Å². The molecule has 0 spiro atoms. The Balaban J connectivity index is 2.00. The van der Waals surface area contributed by atoms with Gasteiger partial charge in [0.25, 0.3) is 0 Å². The number of benzene rings is 1. The Hall–Kier alpha value is -2.38. The maximum atomic E-state index is 12.0. The number of piperazine rings is 1. The second kappa shape index (κ2) is 6.85. The molecular weight excluding hydrogens is 322 g/mol. The first-order chi connectivity index (χ1) is 11.9. The van der Waals surface area contributed by atoms with Crippen LogP contribution in [0.5, 0.6) is 0 Å². The molecule has 1 aromatic heterocycles. The molecular formula is C18H23N3O4. The Bertz CT molecular complexity index is 806. The highest BCUT2D eigenvalue weighted by Gasteiger charge is 2.32. The van der Waals surface area contributed by atoms with Crippen LogP contribution in [-0.2, 0) is 11.8 Å². The summed E-state index contributed by atoms with van der Waals surface area (Å²) in [5.41, 5.74) is 1.64. The Morgan fingerprint density at radius 2 is 1.84 bits per heavy atom. The van der Waals surface area contributed by atoms with Gasteiger partial charge in [0.05, 0.1) is 5.56 Å². The van der Waals surface area contributed by atoms with Crippen LogP contribution in [0.2, 0.25) is 0 Å². The molecule has 0 saturated carbocycles. The second-order valence-corrected chi connectivity index (χ2v) is 6.44. The minimum atomic E-state index is -0.991. The molecule has 1 aliphatic rings. The van der Waals surface area contributed by atoms with Gasteiger partial charge >= 0.3 is 11.9 Å². The van der Waals surface area contributed by atoms with E-state index in [1.807, 2.05) is 11.9 Å². The van der Waals surface area contributed by atoms with E-state index in [0.29, 0.717) is 18.7 Å². The Morgan fingerprint density at radius 1 is 1.16 bits per heavy atom. The molecule has 134 valence electrons. The normalized spacial score (nSPS) is 17.7. The third kappa shape index (κ3) is 3.25. The second-order valence-electron chi connectivity index (χ2n) is 6.44. The van der Waals surface area contributed by atoms with Crippen molar-refractivity contribution in [2.45, 2.75) is 13.0 Å². The number of nitrogens with zero attached hydrogens (tertiary/aromatic N) is 3. The van der Waals surface area contributed by atoms with Crippen molar-refractivity contribution >= 4 is 22.8 Å². The van der Waals surface area contributed by atoms with Crippen LogP contribution in [0.4, 0.5) is 0 Å². The predicted octanol–water partition coefficient (Wildman–Crippen LogP) is 1.64. The average molecular weight is 345 g/mol. The zero-order valence-corrected chi connectivity index (χ0v) is 14.5. The molecule has 1 aromatic carbocycles. The van der Waals surface area contributed by atoms with E-state index < -0.39 is 18.0 Å². The summed E-state index contributed by atoms with van der Waals surface area (Å²) in [6.45, 7) is 6.19. The van der Waals surface area contributed by atoms with Crippen molar-refractivity contribution in [3.8, 4) is 0 Å². The minimum absolute atomic E-state index is 0.198. The number of fused-ring (bicyclic) bond motifs is 1. The smallest absolute Gasteiger partial charge is 0.335 e. The highest BCUT2D eigenvalue weighted by atomic mass is 16.4. The quantitative estimate of drug-likeness (QED) is 0.857. The molecule has 1 aliphatic heterocycles. The molecule has 0 bridgehead atoms. The fourth-order valence-electron chi connectivity index (χ4n) is 3.59. The number of likely N-dealkylation sites (N-methyl/N-ethyl adjacent to an activating group) is 1. The molecule has 0 amide bonds.